The second kappa shape index (κ2) is 6.04. The van der Waals surface area contributed by atoms with E-state index in [1.807, 2.05) is 23.8 Å². The molecule has 14 heavy (non-hydrogen) atoms. The molecule has 1 atom stereocenters. The fourth-order valence-electron chi connectivity index (χ4n) is 0.984. The first-order valence-corrected chi connectivity index (χ1v) is 6.04. The standard InChI is InChI=1S/C10H14ClNOS/c1-8(5-11)6-12-10(13)4-9-2-3-14-7-9/h2-3,7-8H,4-6H2,1H3,(H,12,13). The highest BCUT2D eigenvalue weighted by molar-refractivity contribution is 7.07. The number of nitrogens with one attached hydrogen (secondary N) is 1. The molecule has 0 spiro atoms. The van der Waals surface area contributed by atoms with Crippen LogP contribution in [-0.2, 0) is 11.2 Å². The van der Waals surface area contributed by atoms with Crippen LogP contribution in [0.3, 0.4) is 0 Å². The van der Waals surface area contributed by atoms with Crippen molar-refractivity contribution >= 4 is 28.8 Å². The van der Waals surface area contributed by atoms with Crippen LogP contribution in [0.1, 0.15) is 12.5 Å². The fourth-order valence-corrected chi connectivity index (χ4v) is 1.76. The lowest BCUT2D eigenvalue weighted by atomic mass is 10.2. The predicted octanol–water partition coefficient (Wildman–Crippen LogP) is 2.28. The Morgan fingerprint density at radius 1 is 1.71 bits per heavy atom. The molecule has 0 radical (unpaired) electrons. The van der Waals surface area contributed by atoms with Gasteiger partial charge in [-0.15, -0.1) is 11.6 Å². The second-order valence-corrected chi connectivity index (χ2v) is 4.46. The van der Waals surface area contributed by atoms with Gasteiger partial charge in [0, 0.05) is 12.4 Å². The van der Waals surface area contributed by atoms with Gasteiger partial charge in [-0.3, -0.25) is 4.79 Å². The smallest absolute Gasteiger partial charge is 0.224 e. The highest BCUT2D eigenvalue weighted by Gasteiger charge is 2.05. The Morgan fingerprint density at radius 2 is 2.50 bits per heavy atom. The van der Waals surface area contributed by atoms with Crippen LogP contribution >= 0.6 is 22.9 Å². The van der Waals surface area contributed by atoms with E-state index in [0.29, 0.717) is 24.8 Å². The van der Waals surface area contributed by atoms with Gasteiger partial charge in [-0.2, -0.15) is 11.3 Å². The van der Waals surface area contributed by atoms with Gasteiger partial charge in [0.15, 0.2) is 0 Å². The molecule has 0 bridgehead atoms. The summed E-state index contributed by atoms with van der Waals surface area (Å²) in [6.45, 7) is 2.67. The average molecular weight is 232 g/mol. The molecule has 1 heterocycles. The van der Waals surface area contributed by atoms with Crippen LogP contribution in [0.15, 0.2) is 16.8 Å². The molecule has 1 aromatic rings. The molecular weight excluding hydrogens is 218 g/mol. The number of thiophene rings is 1. The predicted molar refractivity (Wildman–Crippen MR) is 60.9 cm³/mol. The molecule has 1 unspecified atom stereocenters. The van der Waals surface area contributed by atoms with Crippen LogP contribution in [-0.4, -0.2) is 18.3 Å². The summed E-state index contributed by atoms with van der Waals surface area (Å²) in [5, 5.41) is 6.82. The molecule has 0 saturated carbocycles. The van der Waals surface area contributed by atoms with Crippen molar-refractivity contribution in [3.05, 3.63) is 22.4 Å². The number of rotatable bonds is 5. The maximum absolute atomic E-state index is 11.4. The zero-order valence-corrected chi connectivity index (χ0v) is 9.70. The number of amides is 1. The van der Waals surface area contributed by atoms with Crippen molar-refractivity contribution in [1.29, 1.82) is 0 Å². The third-order valence-corrected chi connectivity index (χ3v) is 3.11. The van der Waals surface area contributed by atoms with Gasteiger partial charge in [-0.1, -0.05) is 6.92 Å². The van der Waals surface area contributed by atoms with Crippen LogP contribution in [0.4, 0.5) is 0 Å². The summed E-state index contributed by atoms with van der Waals surface area (Å²) in [4.78, 5) is 11.4. The molecule has 0 aliphatic rings. The van der Waals surface area contributed by atoms with Crippen molar-refractivity contribution in [2.24, 2.45) is 5.92 Å². The van der Waals surface area contributed by atoms with E-state index in [1.54, 1.807) is 11.3 Å². The maximum Gasteiger partial charge on any atom is 0.224 e. The number of alkyl halides is 1. The normalized spacial score (nSPS) is 12.4. The summed E-state index contributed by atoms with van der Waals surface area (Å²) < 4.78 is 0. The van der Waals surface area contributed by atoms with Gasteiger partial charge in [-0.25, -0.2) is 0 Å². The van der Waals surface area contributed by atoms with Gasteiger partial charge in [0.2, 0.25) is 5.91 Å². The minimum absolute atomic E-state index is 0.0698. The molecule has 0 saturated heterocycles. The highest BCUT2D eigenvalue weighted by atomic mass is 35.5. The van der Waals surface area contributed by atoms with Crippen molar-refractivity contribution in [1.82, 2.24) is 5.32 Å². The van der Waals surface area contributed by atoms with Crippen LogP contribution in [0.5, 0.6) is 0 Å². The fraction of sp³-hybridized carbons (Fsp3) is 0.500. The summed E-state index contributed by atoms with van der Waals surface area (Å²) in [6, 6.07) is 1.97. The third kappa shape index (κ3) is 4.11. The number of hydrogen-bond donors (Lipinski definition) is 1. The van der Waals surface area contributed by atoms with Crippen molar-refractivity contribution in [2.45, 2.75) is 13.3 Å². The first-order valence-electron chi connectivity index (χ1n) is 4.56. The zero-order valence-electron chi connectivity index (χ0n) is 8.13. The van der Waals surface area contributed by atoms with Gasteiger partial charge in [-0.05, 0) is 28.3 Å². The van der Waals surface area contributed by atoms with E-state index in [9.17, 15) is 4.79 Å². The Balaban J connectivity index is 2.23. The third-order valence-electron chi connectivity index (χ3n) is 1.86. The van der Waals surface area contributed by atoms with Crippen LogP contribution in [0.25, 0.3) is 0 Å². The van der Waals surface area contributed by atoms with E-state index in [4.69, 9.17) is 11.6 Å². The number of halogens is 1. The molecule has 0 aromatic carbocycles. The van der Waals surface area contributed by atoms with E-state index in [-0.39, 0.29) is 5.91 Å². The first-order chi connectivity index (χ1) is 6.72. The molecule has 4 heteroatoms. The van der Waals surface area contributed by atoms with Gasteiger partial charge in [0.25, 0.3) is 0 Å². The largest absolute Gasteiger partial charge is 0.356 e. The summed E-state index contributed by atoms with van der Waals surface area (Å²) >= 11 is 7.24. The zero-order chi connectivity index (χ0) is 10.4. The first kappa shape index (κ1) is 11.5. The lowest BCUT2D eigenvalue weighted by Crippen LogP contribution is -2.29. The van der Waals surface area contributed by atoms with Crippen molar-refractivity contribution < 1.29 is 4.79 Å². The summed E-state index contributed by atoms with van der Waals surface area (Å²) in [6.07, 6.45) is 0.471. The van der Waals surface area contributed by atoms with Gasteiger partial charge in [0.1, 0.15) is 0 Å². The highest BCUT2D eigenvalue weighted by Crippen LogP contribution is 2.06. The molecule has 0 aliphatic carbocycles. The lowest BCUT2D eigenvalue weighted by molar-refractivity contribution is -0.120. The van der Waals surface area contributed by atoms with E-state index in [1.165, 1.54) is 0 Å². The van der Waals surface area contributed by atoms with E-state index in [0.717, 1.165) is 5.56 Å². The van der Waals surface area contributed by atoms with Crippen LogP contribution < -0.4 is 5.32 Å². The molecule has 1 aromatic heterocycles. The van der Waals surface area contributed by atoms with Crippen molar-refractivity contribution in [3.8, 4) is 0 Å². The summed E-state index contributed by atoms with van der Waals surface area (Å²) in [7, 11) is 0. The van der Waals surface area contributed by atoms with Crippen molar-refractivity contribution in [3.63, 3.8) is 0 Å². The number of hydrogen-bond acceptors (Lipinski definition) is 2. The number of carbonyl (C=O) groups excluding carboxylic acids is 1. The second-order valence-electron chi connectivity index (χ2n) is 3.37. The molecule has 2 nitrogen and oxygen atoms in total. The topological polar surface area (TPSA) is 29.1 Å². The molecule has 0 fully saturated rings. The van der Waals surface area contributed by atoms with Crippen LogP contribution in [0, 0.1) is 5.92 Å². The molecule has 1 amide bonds. The Hall–Kier alpha value is -0.540. The SMILES string of the molecule is CC(CCl)CNC(=O)Cc1ccsc1. The minimum Gasteiger partial charge on any atom is -0.356 e. The van der Waals surface area contributed by atoms with Crippen LogP contribution in [0.2, 0.25) is 0 Å². The molecular formula is C10H14ClNOS. The summed E-state index contributed by atoms with van der Waals surface area (Å²) in [5.41, 5.74) is 1.08. The average Bonchev–Trinajstić information content (AvgIpc) is 2.66. The van der Waals surface area contributed by atoms with Gasteiger partial charge in [0.05, 0.1) is 6.42 Å². The number of carbonyl (C=O) groups is 1. The molecule has 1 rings (SSSR count). The molecule has 1 N–H and O–H groups in total. The Morgan fingerprint density at radius 3 is 3.07 bits per heavy atom. The van der Waals surface area contributed by atoms with E-state index < -0.39 is 0 Å². The quantitative estimate of drug-likeness (QED) is 0.775. The molecule has 0 aliphatic heterocycles. The molecule has 78 valence electrons. The maximum atomic E-state index is 11.4. The minimum atomic E-state index is 0.0698. The van der Waals surface area contributed by atoms with Crippen molar-refractivity contribution in [2.75, 3.05) is 12.4 Å². The van der Waals surface area contributed by atoms with Gasteiger partial charge < -0.3 is 5.32 Å². The van der Waals surface area contributed by atoms with Gasteiger partial charge >= 0.3 is 0 Å². The Bertz CT molecular complexity index is 274. The summed E-state index contributed by atoms with van der Waals surface area (Å²) in [5.74, 6) is 0.988. The Kier molecular flexibility index (Phi) is 4.98. The Labute approximate surface area is 93.3 Å². The van der Waals surface area contributed by atoms with E-state index >= 15 is 0 Å². The van der Waals surface area contributed by atoms with E-state index in [2.05, 4.69) is 5.32 Å². The monoisotopic (exact) mass is 231 g/mol. The lowest BCUT2D eigenvalue weighted by Gasteiger charge is -2.08.